The van der Waals surface area contributed by atoms with E-state index in [0.29, 0.717) is 10.0 Å². The van der Waals surface area contributed by atoms with Gasteiger partial charge in [-0.3, -0.25) is 0 Å². The Morgan fingerprint density at radius 1 is 1.14 bits per heavy atom. The van der Waals surface area contributed by atoms with Crippen LogP contribution in [0.5, 0.6) is 0 Å². The summed E-state index contributed by atoms with van der Waals surface area (Å²) in [7, 11) is 0. The number of hydrogen-bond donors (Lipinski definition) is 1. The van der Waals surface area contributed by atoms with Crippen LogP contribution in [-0.2, 0) is 12.6 Å². The predicted octanol–water partition coefficient (Wildman–Crippen LogP) is 6.17. The Bertz CT molecular complexity index is 681. The molecule has 0 spiro atoms. The Balaban J connectivity index is 1.87. The summed E-state index contributed by atoms with van der Waals surface area (Å²) in [5, 5.41) is 3.19. The van der Waals surface area contributed by atoms with E-state index in [0.717, 1.165) is 30.5 Å². The van der Waals surface area contributed by atoms with E-state index in [1.165, 1.54) is 22.3 Å². The average Bonchev–Trinajstić information content (AvgIpc) is 2.88. The molecule has 21 heavy (non-hydrogen) atoms. The summed E-state index contributed by atoms with van der Waals surface area (Å²) in [6.45, 7) is 0. The summed E-state index contributed by atoms with van der Waals surface area (Å²) in [6.07, 6.45) is -2.68. The van der Waals surface area contributed by atoms with Crippen molar-refractivity contribution in [3.8, 4) is 0 Å². The molecule has 1 N–H and O–H groups in total. The lowest BCUT2D eigenvalue weighted by molar-refractivity contribution is -0.137. The average molecular weight is 352 g/mol. The molecule has 1 atom stereocenters. The maximum atomic E-state index is 12.8. The first kappa shape index (κ1) is 15.0. The molecule has 112 valence electrons. The molecule has 2 aromatic rings. The van der Waals surface area contributed by atoms with Gasteiger partial charge in [-0.15, -0.1) is 11.3 Å². The fraction of sp³-hybridized carbons (Fsp3) is 0.286. The Hall–Kier alpha value is -0.910. The predicted molar refractivity (Wildman–Crippen MR) is 80.5 cm³/mol. The van der Waals surface area contributed by atoms with Crippen LogP contribution in [0, 0.1) is 0 Å². The number of aryl methyl sites for hydroxylation is 1. The number of rotatable bonds is 2. The van der Waals surface area contributed by atoms with Crippen LogP contribution in [-0.4, -0.2) is 0 Å². The van der Waals surface area contributed by atoms with Crippen molar-refractivity contribution < 1.29 is 13.2 Å². The Labute approximate surface area is 133 Å². The van der Waals surface area contributed by atoms with E-state index in [1.807, 2.05) is 6.07 Å². The van der Waals surface area contributed by atoms with Gasteiger partial charge in [-0.05, 0) is 42.7 Å². The van der Waals surface area contributed by atoms with Crippen LogP contribution in [0.25, 0.3) is 0 Å². The van der Waals surface area contributed by atoms with Gasteiger partial charge in [0.15, 0.2) is 0 Å². The SMILES string of the molecule is FC(F)(F)c1cc(Cl)cc(NC2CCc3sc(Cl)cc32)c1. The zero-order valence-corrected chi connectivity index (χ0v) is 12.9. The normalized spacial score (nSPS) is 17.9. The summed E-state index contributed by atoms with van der Waals surface area (Å²) in [4.78, 5) is 1.19. The van der Waals surface area contributed by atoms with Gasteiger partial charge in [0.1, 0.15) is 0 Å². The summed E-state index contributed by atoms with van der Waals surface area (Å²) in [5.41, 5.74) is 0.688. The highest BCUT2D eigenvalue weighted by Gasteiger charge is 2.32. The zero-order chi connectivity index (χ0) is 15.2. The van der Waals surface area contributed by atoms with E-state index in [1.54, 1.807) is 0 Å². The molecule has 0 amide bonds. The molecule has 0 bridgehead atoms. The van der Waals surface area contributed by atoms with Crippen molar-refractivity contribution in [2.45, 2.75) is 25.1 Å². The van der Waals surface area contributed by atoms with Crippen LogP contribution in [0.15, 0.2) is 24.3 Å². The lowest BCUT2D eigenvalue weighted by Gasteiger charge is -2.16. The molecule has 1 unspecified atom stereocenters. The fourth-order valence-electron chi connectivity index (χ4n) is 2.52. The molecule has 0 aliphatic heterocycles. The van der Waals surface area contributed by atoms with E-state index < -0.39 is 11.7 Å². The third-order valence-corrected chi connectivity index (χ3v) is 4.97. The maximum absolute atomic E-state index is 12.8. The molecule has 1 aliphatic rings. The Morgan fingerprint density at radius 2 is 1.90 bits per heavy atom. The standard InChI is InChI=1S/C14H10Cl2F3NS/c15-8-3-7(14(17,18)19)4-9(5-8)20-11-1-2-12-10(11)6-13(16)21-12/h3-6,11,20H,1-2H2. The van der Waals surface area contributed by atoms with Crippen molar-refractivity contribution in [1.82, 2.24) is 0 Å². The number of benzene rings is 1. The van der Waals surface area contributed by atoms with Gasteiger partial charge in [0.2, 0.25) is 0 Å². The molecule has 1 aromatic heterocycles. The third kappa shape index (κ3) is 3.15. The molecular formula is C14H10Cl2F3NS. The first-order valence-corrected chi connectivity index (χ1v) is 7.82. The molecule has 7 heteroatoms. The van der Waals surface area contributed by atoms with E-state index in [-0.39, 0.29) is 11.1 Å². The van der Waals surface area contributed by atoms with Crippen molar-refractivity contribution in [3.63, 3.8) is 0 Å². The minimum atomic E-state index is -4.41. The van der Waals surface area contributed by atoms with Crippen LogP contribution in [0.2, 0.25) is 9.36 Å². The minimum absolute atomic E-state index is 0.0247. The van der Waals surface area contributed by atoms with Crippen molar-refractivity contribution in [1.29, 1.82) is 0 Å². The molecule has 0 fully saturated rings. The van der Waals surface area contributed by atoms with Gasteiger partial charge in [-0.2, -0.15) is 13.2 Å². The Morgan fingerprint density at radius 3 is 2.62 bits per heavy atom. The van der Waals surface area contributed by atoms with Gasteiger partial charge in [-0.1, -0.05) is 23.2 Å². The molecule has 0 saturated carbocycles. The summed E-state index contributed by atoms with van der Waals surface area (Å²) in [5.74, 6) is 0. The van der Waals surface area contributed by atoms with Crippen LogP contribution >= 0.6 is 34.5 Å². The Kier molecular flexibility index (Phi) is 3.84. The summed E-state index contributed by atoms with van der Waals surface area (Å²) >= 11 is 13.3. The van der Waals surface area contributed by atoms with Gasteiger partial charge in [0.25, 0.3) is 0 Å². The highest BCUT2D eigenvalue weighted by molar-refractivity contribution is 7.16. The maximum Gasteiger partial charge on any atom is 0.416 e. The van der Waals surface area contributed by atoms with Crippen LogP contribution in [0.1, 0.15) is 28.5 Å². The van der Waals surface area contributed by atoms with Gasteiger partial charge < -0.3 is 5.32 Å². The first-order valence-electron chi connectivity index (χ1n) is 6.25. The fourth-order valence-corrected chi connectivity index (χ4v) is 4.11. The number of halogens is 5. The lowest BCUT2D eigenvalue weighted by Crippen LogP contribution is -2.09. The second-order valence-corrected chi connectivity index (χ2v) is 7.10. The van der Waals surface area contributed by atoms with Crippen LogP contribution in [0.4, 0.5) is 18.9 Å². The smallest absolute Gasteiger partial charge is 0.378 e. The van der Waals surface area contributed by atoms with Crippen molar-refractivity contribution in [2.75, 3.05) is 5.32 Å². The van der Waals surface area contributed by atoms with Crippen LogP contribution < -0.4 is 5.32 Å². The van der Waals surface area contributed by atoms with Gasteiger partial charge >= 0.3 is 6.18 Å². The van der Waals surface area contributed by atoms with Gasteiger partial charge in [0, 0.05) is 15.6 Å². The highest BCUT2D eigenvalue weighted by Crippen LogP contribution is 2.41. The van der Waals surface area contributed by atoms with Crippen molar-refractivity contribution >= 4 is 40.2 Å². The number of anilines is 1. The summed E-state index contributed by atoms with van der Waals surface area (Å²) in [6, 6.07) is 5.36. The van der Waals surface area contributed by atoms with Crippen molar-refractivity contribution in [3.05, 3.63) is 49.6 Å². The second-order valence-electron chi connectivity index (χ2n) is 4.89. The number of nitrogens with one attached hydrogen (secondary N) is 1. The number of alkyl halides is 3. The molecule has 1 heterocycles. The lowest BCUT2D eigenvalue weighted by atomic mass is 10.1. The van der Waals surface area contributed by atoms with Crippen molar-refractivity contribution in [2.24, 2.45) is 0 Å². The second kappa shape index (κ2) is 5.38. The van der Waals surface area contributed by atoms with E-state index in [4.69, 9.17) is 23.2 Å². The van der Waals surface area contributed by atoms with E-state index >= 15 is 0 Å². The molecule has 1 aromatic carbocycles. The highest BCUT2D eigenvalue weighted by atomic mass is 35.5. The number of fused-ring (bicyclic) bond motifs is 1. The number of thiophene rings is 1. The molecule has 0 radical (unpaired) electrons. The van der Waals surface area contributed by atoms with Gasteiger partial charge in [0.05, 0.1) is 15.9 Å². The van der Waals surface area contributed by atoms with Gasteiger partial charge in [-0.25, -0.2) is 0 Å². The topological polar surface area (TPSA) is 12.0 Å². The van der Waals surface area contributed by atoms with E-state index in [9.17, 15) is 13.2 Å². The monoisotopic (exact) mass is 351 g/mol. The molecule has 0 saturated heterocycles. The third-order valence-electron chi connectivity index (χ3n) is 3.41. The number of hydrogen-bond acceptors (Lipinski definition) is 2. The quantitative estimate of drug-likeness (QED) is 0.681. The van der Waals surface area contributed by atoms with E-state index in [2.05, 4.69) is 5.32 Å². The zero-order valence-electron chi connectivity index (χ0n) is 10.6. The summed E-state index contributed by atoms with van der Waals surface area (Å²) < 4.78 is 39.1. The molecule has 1 aliphatic carbocycles. The largest absolute Gasteiger partial charge is 0.416 e. The van der Waals surface area contributed by atoms with Crippen LogP contribution in [0.3, 0.4) is 0 Å². The molecule has 1 nitrogen and oxygen atoms in total. The first-order chi connectivity index (χ1) is 9.83. The molecular weight excluding hydrogens is 342 g/mol. The minimum Gasteiger partial charge on any atom is -0.378 e. The molecule has 3 rings (SSSR count).